The van der Waals surface area contributed by atoms with Gasteiger partial charge < -0.3 is 34.6 Å². The van der Waals surface area contributed by atoms with E-state index >= 15 is 0 Å². The number of rotatable bonds is 13. The third-order valence-electron chi connectivity index (χ3n) is 5.88. The van der Waals surface area contributed by atoms with Gasteiger partial charge in [0.15, 0.2) is 6.29 Å². The van der Waals surface area contributed by atoms with Crippen molar-refractivity contribution in [1.82, 2.24) is 15.0 Å². The van der Waals surface area contributed by atoms with Crippen LogP contribution in [0.25, 0.3) is 5.69 Å². The summed E-state index contributed by atoms with van der Waals surface area (Å²) in [6.45, 7) is 1.96. The zero-order valence-electron chi connectivity index (χ0n) is 19.9. The number of aliphatic hydroxyl groups is 4. The molecule has 1 aromatic carbocycles. The molecule has 4 N–H and O–H groups in total. The smallest absolute Gasteiger partial charge is 0.338 e. The summed E-state index contributed by atoms with van der Waals surface area (Å²) in [5.41, 5.74) is 1.54. The van der Waals surface area contributed by atoms with Crippen molar-refractivity contribution in [2.45, 2.75) is 82.8 Å². The molecule has 1 fully saturated rings. The van der Waals surface area contributed by atoms with Gasteiger partial charge in [-0.1, -0.05) is 44.2 Å². The van der Waals surface area contributed by atoms with Crippen LogP contribution in [0.1, 0.15) is 61.5 Å². The molecule has 0 saturated carbocycles. The average molecular weight is 494 g/mol. The lowest BCUT2D eigenvalue weighted by Gasteiger charge is -2.39. The first-order valence-electron chi connectivity index (χ1n) is 12.1. The number of carbonyl (C=O) groups excluding carboxylic acids is 1. The number of esters is 1. The van der Waals surface area contributed by atoms with Crippen LogP contribution in [0.5, 0.6) is 0 Å². The molecule has 3 rings (SSSR count). The maximum Gasteiger partial charge on any atom is 0.338 e. The lowest BCUT2D eigenvalue weighted by atomic mass is 9.99. The predicted octanol–water partition coefficient (Wildman–Crippen LogP) is 1.10. The Bertz CT molecular complexity index is 904. The molecule has 1 aliphatic rings. The first kappa shape index (κ1) is 27.2. The monoisotopic (exact) mass is 493 g/mol. The van der Waals surface area contributed by atoms with E-state index in [0.29, 0.717) is 23.6 Å². The number of benzene rings is 1. The molecule has 1 aromatic heterocycles. The lowest BCUT2D eigenvalue weighted by Crippen LogP contribution is -2.59. The molecule has 2 aromatic rings. The summed E-state index contributed by atoms with van der Waals surface area (Å²) >= 11 is 0. The van der Waals surface area contributed by atoms with Crippen molar-refractivity contribution < 1.29 is 39.4 Å². The Morgan fingerprint density at radius 1 is 1.03 bits per heavy atom. The van der Waals surface area contributed by atoms with Crippen molar-refractivity contribution >= 4 is 5.97 Å². The molecule has 0 radical (unpaired) electrons. The van der Waals surface area contributed by atoms with E-state index in [1.54, 1.807) is 30.5 Å². The van der Waals surface area contributed by atoms with Crippen LogP contribution in [0, 0.1) is 0 Å². The molecule has 1 aliphatic heterocycles. The molecular formula is C24H35N3O8. The SMILES string of the molecule is CCCCCCCCOC(=O)c1ccc(-n2cc(CO[C@H]3O[C@H](CO)[C@@H](O)[C@H](O)[C@@H]3O)nn2)cc1. The summed E-state index contributed by atoms with van der Waals surface area (Å²) < 4.78 is 17.6. The summed E-state index contributed by atoms with van der Waals surface area (Å²) in [5, 5.41) is 47.0. The highest BCUT2D eigenvalue weighted by atomic mass is 16.7. The average Bonchev–Trinajstić information content (AvgIpc) is 3.35. The molecule has 0 spiro atoms. The second-order valence-corrected chi connectivity index (χ2v) is 8.61. The fourth-order valence-electron chi connectivity index (χ4n) is 3.74. The normalized spacial score (nSPS) is 24.4. The van der Waals surface area contributed by atoms with Gasteiger partial charge in [-0.15, -0.1) is 5.10 Å². The molecule has 1 saturated heterocycles. The number of hydrogen-bond acceptors (Lipinski definition) is 10. The molecule has 2 heterocycles. The second kappa shape index (κ2) is 13.6. The maximum absolute atomic E-state index is 12.2. The van der Waals surface area contributed by atoms with E-state index in [9.17, 15) is 25.2 Å². The zero-order chi connectivity index (χ0) is 25.2. The Hall–Kier alpha value is -2.41. The van der Waals surface area contributed by atoms with Crippen LogP contribution in [-0.2, 0) is 20.8 Å². The van der Waals surface area contributed by atoms with Crippen molar-refractivity contribution in [3.05, 3.63) is 41.7 Å². The Morgan fingerprint density at radius 2 is 1.74 bits per heavy atom. The number of unbranched alkanes of at least 4 members (excludes halogenated alkanes) is 5. The Labute approximate surface area is 204 Å². The molecule has 5 atom stereocenters. The molecule has 0 unspecified atom stereocenters. The van der Waals surface area contributed by atoms with Crippen LogP contribution in [-0.4, -0.2) is 85.3 Å². The summed E-state index contributed by atoms with van der Waals surface area (Å²) in [5.74, 6) is -0.364. The van der Waals surface area contributed by atoms with Gasteiger partial charge in [-0.3, -0.25) is 0 Å². The molecule has 35 heavy (non-hydrogen) atoms. The van der Waals surface area contributed by atoms with Crippen LogP contribution in [0.2, 0.25) is 0 Å². The van der Waals surface area contributed by atoms with Crippen molar-refractivity contribution in [1.29, 1.82) is 0 Å². The van der Waals surface area contributed by atoms with E-state index < -0.39 is 37.3 Å². The van der Waals surface area contributed by atoms with Crippen molar-refractivity contribution in [2.75, 3.05) is 13.2 Å². The van der Waals surface area contributed by atoms with Gasteiger partial charge >= 0.3 is 5.97 Å². The number of aliphatic hydroxyl groups excluding tert-OH is 4. The second-order valence-electron chi connectivity index (χ2n) is 8.61. The van der Waals surface area contributed by atoms with Gasteiger partial charge in [-0.05, 0) is 30.7 Å². The molecule has 0 bridgehead atoms. The van der Waals surface area contributed by atoms with Crippen molar-refractivity contribution in [3.63, 3.8) is 0 Å². The van der Waals surface area contributed by atoms with Crippen LogP contribution in [0.3, 0.4) is 0 Å². The molecule has 0 amide bonds. The van der Waals surface area contributed by atoms with Gasteiger partial charge in [-0.2, -0.15) is 0 Å². The van der Waals surface area contributed by atoms with Gasteiger partial charge in [0.25, 0.3) is 0 Å². The predicted molar refractivity (Wildman–Crippen MR) is 124 cm³/mol. The summed E-state index contributed by atoms with van der Waals surface area (Å²) in [6, 6.07) is 6.76. The van der Waals surface area contributed by atoms with Crippen LogP contribution in [0.15, 0.2) is 30.5 Å². The van der Waals surface area contributed by atoms with E-state index in [4.69, 9.17) is 14.2 Å². The minimum atomic E-state index is -1.52. The first-order chi connectivity index (χ1) is 16.9. The number of carbonyl (C=O) groups is 1. The molecule has 194 valence electrons. The third-order valence-corrected chi connectivity index (χ3v) is 5.88. The fourth-order valence-corrected chi connectivity index (χ4v) is 3.74. The molecule has 0 aliphatic carbocycles. The van der Waals surface area contributed by atoms with E-state index in [-0.39, 0.29) is 12.6 Å². The number of ether oxygens (including phenoxy) is 3. The quantitative estimate of drug-likeness (QED) is 0.235. The fraction of sp³-hybridized carbons (Fsp3) is 0.625. The lowest BCUT2D eigenvalue weighted by molar-refractivity contribution is -0.304. The largest absolute Gasteiger partial charge is 0.462 e. The van der Waals surface area contributed by atoms with E-state index in [0.717, 1.165) is 19.3 Å². The summed E-state index contributed by atoms with van der Waals surface area (Å²) in [6.07, 6.45) is 1.59. The van der Waals surface area contributed by atoms with Gasteiger partial charge in [0.2, 0.25) is 0 Å². The highest BCUT2D eigenvalue weighted by Gasteiger charge is 2.44. The maximum atomic E-state index is 12.2. The third kappa shape index (κ3) is 7.53. The topological polar surface area (TPSA) is 156 Å². The van der Waals surface area contributed by atoms with Gasteiger partial charge in [0.05, 0.1) is 37.3 Å². The van der Waals surface area contributed by atoms with Crippen LogP contribution in [0.4, 0.5) is 0 Å². The van der Waals surface area contributed by atoms with E-state index in [2.05, 4.69) is 17.2 Å². The van der Waals surface area contributed by atoms with Gasteiger partial charge in [-0.25, -0.2) is 9.48 Å². The van der Waals surface area contributed by atoms with Gasteiger partial charge in [0, 0.05) is 0 Å². The van der Waals surface area contributed by atoms with E-state index in [1.165, 1.54) is 23.9 Å². The highest BCUT2D eigenvalue weighted by molar-refractivity contribution is 5.89. The summed E-state index contributed by atoms with van der Waals surface area (Å²) in [7, 11) is 0. The van der Waals surface area contributed by atoms with E-state index in [1.807, 2.05) is 0 Å². The Balaban J connectivity index is 1.46. The number of hydrogen-bond donors (Lipinski definition) is 4. The number of nitrogens with zero attached hydrogens (tertiary/aromatic N) is 3. The van der Waals surface area contributed by atoms with Crippen molar-refractivity contribution in [3.8, 4) is 5.69 Å². The van der Waals surface area contributed by atoms with Crippen LogP contribution >= 0.6 is 0 Å². The first-order valence-corrected chi connectivity index (χ1v) is 12.1. The van der Waals surface area contributed by atoms with Crippen molar-refractivity contribution in [2.24, 2.45) is 0 Å². The minimum absolute atomic E-state index is 0.0917. The minimum Gasteiger partial charge on any atom is -0.462 e. The molecular weight excluding hydrogens is 458 g/mol. The summed E-state index contributed by atoms with van der Waals surface area (Å²) in [4.78, 5) is 12.2. The molecule has 11 heteroatoms. The van der Waals surface area contributed by atoms with Gasteiger partial charge in [0.1, 0.15) is 30.1 Å². The molecule has 11 nitrogen and oxygen atoms in total. The van der Waals surface area contributed by atoms with Crippen LogP contribution < -0.4 is 0 Å². The Morgan fingerprint density at radius 3 is 2.46 bits per heavy atom. The highest BCUT2D eigenvalue weighted by Crippen LogP contribution is 2.22. The zero-order valence-corrected chi connectivity index (χ0v) is 19.9. The standard InChI is InChI=1S/C24H35N3O8/c1-2-3-4-5-6-7-12-33-23(32)16-8-10-18(11-9-16)27-13-17(25-26-27)15-34-24-22(31)21(30)20(29)19(14-28)35-24/h8-11,13,19-22,24,28-31H,2-7,12,14-15H2,1H3/t19-,20-,21+,22+,24+/m1/s1. The Kier molecular flexibility index (Phi) is 10.6. The number of aromatic nitrogens is 3.